The largest absolute Gasteiger partial charge is 0.368 e. The lowest BCUT2D eigenvalue weighted by atomic mass is 9.83. The van der Waals surface area contributed by atoms with Crippen molar-refractivity contribution in [2.24, 2.45) is 5.92 Å². The first-order chi connectivity index (χ1) is 17.0. The SMILES string of the molecule is O=C1CCC(=O)C(CCCc2ccc3c(c2)N(C2CCN(CCc4ccc(F)cc4)CC2)CC3)C1. The van der Waals surface area contributed by atoms with Crippen molar-refractivity contribution < 1.29 is 14.0 Å². The first kappa shape index (κ1) is 24.2. The fraction of sp³-hybridized carbons (Fsp3) is 0.533. The van der Waals surface area contributed by atoms with Gasteiger partial charge in [-0.3, -0.25) is 9.59 Å². The lowest BCUT2D eigenvalue weighted by Crippen LogP contribution is -2.45. The lowest BCUT2D eigenvalue weighted by Gasteiger charge is -2.38. The molecule has 0 amide bonds. The molecular weight excluding hydrogens is 439 g/mol. The molecule has 5 heteroatoms. The highest BCUT2D eigenvalue weighted by atomic mass is 19.1. The zero-order valence-electron chi connectivity index (χ0n) is 20.7. The summed E-state index contributed by atoms with van der Waals surface area (Å²) in [6, 6.07) is 14.4. The number of benzene rings is 2. The number of piperidine rings is 1. The molecule has 1 unspecified atom stereocenters. The molecule has 1 saturated heterocycles. The second kappa shape index (κ2) is 11.0. The topological polar surface area (TPSA) is 40.6 Å². The van der Waals surface area contributed by atoms with Crippen molar-refractivity contribution in [2.45, 2.75) is 70.3 Å². The first-order valence-corrected chi connectivity index (χ1v) is 13.4. The minimum atomic E-state index is -0.167. The molecule has 186 valence electrons. The Balaban J connectivity index is 1.11. The van der Waals surface area contributed by atoms with E-state index >= 15 is 0 Å². The molecule has 1 aliphatic carbocycles. The molecule has 2 aromatic rings. The van der Waals surface area contributed by atoms with E-state index in [2.05, 4.69) is 28.0 Å². The van der Waals surface area contributed by atoms with Gasteiger partial charge in [-0.2, -0.15) is 0 Å². The summed E-state index contributed by atoms with van der Waals surface area (Å²) in [5.74, 6) is 0.327. The Labute approximate surface area is 208 Å². The van der Waals surface area contributed by atoms with Crippen LogP contribution in [-0.2, 0) is 28.9 Å². The van der Waals surface area contributed by atoms with Crippen molar-refractivity contribution >= 4 is 17.3 Å². The molecule has 4 nitrogen and oxygen atoms in total. The molecule has 2 heterocycles. The van der Waals surface area contributed by atoms with Gasteiger partial charge in [0.2, 0.25) is 0 Å². The smallest absolute Gasteiger partial charge is 0.136 e. The molecule has 1 saturated carbocycles. The summed E-state index contributed by atoms with van der Waals surface area (Å²) in [6.45, 7) is 4.38. The highest BCUT2D eigenvalue weighted by molar-refractivity contribution is 5.94. The molecule has 1 atom stereocenters. The third-order valence-electron chi connectivity index (χ3n) is 8.31. The summed E-state index contributed by atoms with van der Waals surface area (Å²) >= 11 is 0. The number of fused-ring (bicyclic) bond motifs is 1. The molecule has 3 aliphatic rings. The number of nitrogens with zero attached hydrogens (tertiary/aromatic N) is 2. The zero-order valence-corrected chi connectivity index (χ0v) is 20.7. The predicted molar refractivity (Wildman–Crippen MR) is 137 cm³/mol. The van der Waals surface area contributed by atoms with Crippen LogP contribution in [0.25, 0.3) is 0 Å². The van der Waals surface area contributed by atoms with E-state index in [1.807, 2.05) is 12.1 Å². The van der Waals surface area contributed by atoms with Crippen LogP contribution in [0.3, 0.4) is 0 Å². The molecular formula is C30H37FN2O2. The molecule has 0 spiro atoms. The van der Waals surface area contributed by atoms with Crippen molar-refractivity contribution in [3.05, 3.63) is 65.0 Å². The fourth-order valence-electron chi connectivity index (χ4n) is 6.15. The monoisotopic (exact) mass is 476 g/mol. The molecule has 2 fully saturated rings. The van der Waals surface area contributed by atoms with Gasteiger partial charge in [0.15, 0.2) is 0 Å². The minimum absolute atomic E-state index is 0.0459. The second-order valence-corrected chi connectivity index (χ2v) is 10.7. The van der Waals surface area contributed by atoms with Gasteiger partial charge in [-0.05, 0) is 79.8 Å². The van der Waals surface area contributed by atoms with Gasteiger partial charge in [-0.1, -0.05) is 24.3 Å². The van der Waals surface area contributed by atoms with E-state index in [1.165, 1.54) is 35.2 Å². The van der Waals surface area contributed by atoms with E-state index in [4.69, 9.17) is 0 Å². The van der Waals surface area contributed by atoms with Crippen LogP contribution in [0.4, 0.5) is 10.1 Å². The van der Waals surface area contributed by atoms with Crippen LogP contribution in [0.2, 0.25) is 0 Å². The van der Waals surface area contributed by atoms with Crippen molar-refractivity contribution in [1.29, 1.82) is 0 Å². The van der Waals surface area contributed by atoms with Crippen LogP contribution in [0.1, 0.15) is 61.6 Å². The predicted octanol–water partition coefficient (Wildman–Crippen LogP) is 5.16. The van der Waals surface area contributed by atoms with Crippen LogP contribution < -0.4 is 4.90 Å². The van der Waals surface area contributed by atoms with Crippen molar-refractivity contribution in [3.8, 4) is 0 Å². The van der Waals surface area contributed by atoms with Gasteiger partial charge in [0.25, 0.3) is 0 Å². The van der Waals surface area contributed by atoms with E-state index in [9.17, 15) is 14.0 Å². The normalized spacial score (nSPS) is 21.5. The number of Topliss-reactive ketones (excluding diaryl/α,β-unsaturated/α-hetero) is 2. The average molecular weight is 477 g/mol. The number of hydrogen-bond donors (Lipinski definition) is 0. The maximum absolute atomic E-state index is 13.1. The maximum atomic E-state index is 13.1. The number of rotatable bonds is 8. The quantitative estimate of drug-likeness (QED) is 0.528. The molecule has 0 bridgehead atoms. The van der Waals surface area contributed by atoms with Crippen LogP contribution in [0, 0.1) is 11.7 Å². The Morgan fingerprint density at radius 2 is 1.63 bits per heavy atom. The molecule has 5 rings (SSSR count). The number of ketones is 2. The van der Waals surface area contributed by atoms with Gasteiger partial charge in [-0.25, -0.2) is 4.39 Å². The standard InChI is InChI=1S/C30H37FN2O2/c31-26-8-5-22(6-9-26)12-16-32-17-14-27(15-18-32)33-19-13-24-7-4-23(20-29(24)33)2-1-3-25-21-28(34)10-11-30(25)35/h4-9,20,25,27H,1-3,10-19,21H2. The zero-order chi connectivity index (χ0) is 24.2. The van der Waals surface area contributed by atoms with Crippen LogP contribution in [-0.4, -0.2) is 48.7 Å². The Hall–Kier alpha value is -2.53. The summed E-state index contributed by atoms with van der Waals surface area (Å²) in [5.41, 5.74) is 5.42. The number of anilines is 1. The van der Waals surface area contributed by atoms with Gasteiger partial charge >= 0.3 is 0 Å². The number of likely N-dealkylation sites (tertiary alicyclic amines) is 1. The van der Waals surface area contributed by atoms with Crippen molar-refractivity contribution in [3.63, 3.8) is 0 Å². The number of halogens is 1. The molecule has 0 N–H and O–H groups in total. The van der Waals surface area contributed by atoms with Crippen molar-refractivity contribution in [2.75, 3.05) is 31.1 Å². The molecule has 2 aromatic carbocycles. The van der Waals surface area contributed by atoms with Crippen LogP contribution >= 0.6 is 0 Å². The second-order valence-electron chi connectivity index (χ2n) is 10.7. The van der Waals surface area contributed by atoms with Gasteiger partial charge in [0.1, 0.15) is 17.4 Å². The number of carbonyl (C=O) groups excluding carboxylic acids is 2. The Morgan fingerprint density at radius 1 is 0.857 bits per heavy atom. The van der Waals surface area contributed by atoms with Crippen LogP contribution in [0.15, 0.2) is 42.5 Å². The van der Waals surface area contributed by atoms with Gasteiger partial charge in [0.05, 0.1) is 0 Å². The van der Waals surface area contributed by atoms with Gasteiger partial charge < -0.3 is 9.80 Å². The summed E-state index contributed by atoms with van der Waals surface area (Å²) in [4.78, 5) is 29.0. The van der Waals surface area contributed by atoms with E-state index in [1.54, 1.807) is 12.1 Å². The minimum Gasteiger partial charge on any atom is -0.368 e. The third-order valence-corrected chi connectivity index (χ3v) is 8.31. The highest BCUT2D eigenvalue weighted by Crippen LogP contribution is 2.34. The Kier molecular flexibility index (Phi) is 7.62. The molecule has 35 heavy (non-hydrogen) atoms. The maximum Gasteiger partial charge on any atom is 0.136 e. The average Bonchev–Trinajstić information content (AvgIpc) is 3.29. The molecule has 0 radical (unpaired) electrons. The van der Waals surface area contributed by atoms with Crippen molar-refractivity contribution in [1.82, 2.24) is 4.90 Å². The van der Waals surface area contributed by atoms with E-state index in [-0.39, 0.29) is 23.3 Å². The third kappa shape index (κ3) is 6.00. The van der Waals surface area contributed by atoms with Gasteiger partial charge in [0, 0.05) is 63.1 Å². The summed E-state index contributed by atoms with van der Waals surface area (Å²) in [6.07, 6.45) is 8.60. The Morgan fingerprint density at radius 3 is 2.43 bits per heavy atom. The number of hydrogen-bond acceptors (Lipinski definition) is 4. The first-order valence-electron chi connectivity index (χ1n) is 13.4. The van der Waals surface area contributed by atoms with E-state index in [0.717, 1.165) is 58.3 Å². The lowest BCUT2D eigenvalue weighted by molar-refractivity contribution is -0.133. The molecule has 0 aromatic heterocycles. The summed E-state index contributed by atoms with van der Waals surface area (Å²) in [5, 5.41) is 0. The summed E-state index contributed by atoms with van der Waals surface area (Å²) < 4.78 is 13.1. The number of aryl methyl sites for hydroxylation is 1. The highest BCUT2D eigenvalue weighted by Gasteiger charge is 2.30. The number of carbonyl (C=O) groups is 2. The Bertz CT molecular complexity index is 1040. The summed E-state index contributed by atoms with van der Waals surface area (Å²) in [7, 11) is 0. The van der Waals surface area contributed by atoms with E-state index in [0.29, 0.717) is 25.3 Å². The van der Waals surface area contributed by atoms with E-state index < -0.39 is 0 Å². The van der Waals surface area contributed by atoms with Gasteiger partial charge in [-0.15, -0.1) is 0 Å². The molecule has 2 aliphatic heterocycles. The fourth-order valence-corrected chi connectivity index (χ4v) is 6.15. The van der Waals surface area contributed by atoms with Crippen LogP contribution in [0.5, 0.6) is 0 Å².